The second-order valence-electron chi connectivity index (χ2n) is 5.41. The van der Waals surface area contributed by atoms with Gasteiger partial charge in [-0.15, -0.1) is 0 Å². The van der Waals surface area contributed by atoms with Crippen LogP contribution in [0.3, 0.4) is 0 Å². The molecule has 0 fully saturated rings. The predicted octanol–water partition coefficient (Wildman–Crippen LogP) is 2.06. The topological polar surface area (TPSA) is 79.1 Å². The summed E-state index contributed by atoms with van der Waals surface area (Å²) in [5.41, 5.74) is 3.39. The number of fused-ring (bicyclic) bond motifs is 1. The van der Waals surface area contributed by atoms with Gasteiger partial charge in [0.05, 0.1) is 5.52 Å². The Balaban J connectivity index is 2.04. The summed E-state index contributed by atoms with van der Waals surface area (Å²) in [5, 5.41) is 4.39. The number of rotatable bonds is 7. The maximum atomic E-state index is 5.43. The first kappa shape index (κ1) is 15.5. The van der Waals surface area contributed by atoms with Gasteiger partial charge in [0, 0.05) is 18.0 Å². The maximum Gasteiger partial charge on any atom is 0.239 e. The van der Waals surface area contributed by atoms with Crippen LogP contribution in [-0.4, -0.2) is 41.0 Å². The van der Waals surface area contributed by atoms with E-state index in [2.05, 4.69) is 46.5 Å². The normalized spacial score (nSPS) is 11.3. The predicted molar refractivity (Wildman–Crippen MR) is 88.2 cm³/mol. The van der Waals surface area contributed by atoms with Crippen LogP contribution in [0, 0.1) is 0 Å². The molecular formula is C15H24N6. The molecule has 1 aromatic carbocycles. The molecule has 0 amide bonds. The number of aromatic nitrogens is 2. The van der Waals surface area contributed by atoms with E-state index in [9.17, 15) is 0 Å². The Morgan fingerprint density at radius 1 is 1.24 bits per heavy atom. The number of para-hydroxylation sites is 1. The van der Waals surface area contributed by atoms with E-state index in [4.69, 9.17) is 5.84 Å². The molecule has 6 heteroatoms. The average molecular weight is 288 g/mol. The molecule has 114 valence electrons. The van der Waals surface area contributed by atoms with Crippen LogP contribution in [0.1, 0.15) is 20.3 Å². The molecule has 0 unspecified atom stereocenters. The minimum Gasteiger partial charge on any atom is -0.369 e. The SMILES string of the molecule is CC(C)N(C)CCCNc1nc(NN)nc2ccccc12. The van der Waals surface area contributed by atoms with Gasteiger partial charge < -0.3 is 10.2 Å². The first-order valence-corrected chi connectivity index (χ1v) is 7.29. The number of hydrogen-bond acceptors (Lipinski definition) is 6. The van der Waals surface area contributed by atoms with Gasteiger partial charge in [-0.2, -0.15) is 4.98 Å². The van der Waals surface area contributed by atoms with Crippen LogP contribution in [0.2, 0.25) is 0 Å². The lowest BCUT2D eigenvalue weighted by atomic mass is 10.2. The van der Waals surface area contributed by atoms with Gasteiger partial charge in [0.1, 0.15) is 5.82 Å². The zero-order chi connectivity index (χ0) is 15.2. The van der Waals surface area contributed by atoms with E-state index in [-0.39, 0.29) is 0 Å². The van der Waals surface area contributed by atoms with Gasteiger partial charge in [0.15, 0.2) is 0 Å². The fraction of sp³-hybridized carbons (Fsp3) is 0.467. The summed E-state index contributed by atoms with van der Waals surface area (Å²) in [6.07, 6.45) is 1.05. The molecule has 0 saturated carbocycles. The maximum absolute atomic E-state index is 5.43. The van der Waals surface area contributed by atoms with Crippen molar-refractivity contribution in [2.75, 3.05) is 30.9 Å². The summed E-state index contributed by atoms with van der Waals surface area (Å²) < 4.78 is 0. The standard InChI is InChI=1S/C15H24N6/c1-11(2)21(3)10-6-9-17-14-12-7-4-5-8-13(12)18-15(19-14)20-16/h4-5,7-8,11H,6,9-10,16H2,1-3H3,(H2,17,18,19,20). The van der Waals surface area contributed by atoms with Crippen molar-refractivity contribution in [3.63, 3.8) is 0 Å². The van der Waals surface area contributed by atoms with Crippen LogP contribution in [0.4, 0.5) is 11.8 Å². The van der Waals surface area contributed by atoms with Crippen molar-refractivity contribution < 1.29 is 0 Å². The van der Waals surface area contributed by atoms with Crippen LogP contribution in [0.5, 0.6) is 0 Å². The van der Waals surface area contributed by atoms with Crippen LogP contribution in [0.15, 0.2) is 24.3 Å². The van der Waals surface area contributed by atoms with Crippen molar-refractivity contribution in [1.82, 2.24) is 14.9 Å². The van der Waals surface area contributed by atoms with Crippen LogP contribution < -0.4 is 16.6 Å². The second kappa shape index (κ2) is 7.19. The van der Waals surface area contributed by atoms with Crippen LogP contribution in [-0.2, 0) is 0 Å². The van der Waals surface area contributed by atoms with Gasteiger partial charge in [0.25, 0.3) is 0 Å². The molecular weight excluding hydrogens is 264 g/mol. The Bertz CT molecular complexity index is 583. The van der Waals surface area contributed by atoms with Crippen molar-refractivity contribution in [2.24, 2.45) is 5.84 Å². The molecule has 0 spiro atoms. The van der Waals surface area contributed by atoms with Gasteiger partial charge >= 0.3 is 0 Å². The smallest absolute Gasteiger partial charge is 0.239 e. The summed E-state index contributed by atoms with van der Waals surface area (Å²) in [6.45, 7) is 6.31. The Labute approximate surface area is 125 Å². The molecule has 1 aromatic heterocycles. The Morgan fingerprint density at radius 3 is 2.71 bits per heavy atom. The molecule has 21 heavy (non-hydrogen) atoms. The molecule has 6 nitrogen and oxygen atoms in total. The molecule has 0 bridgehead atoms. The third-order valence-electron chi connectivity index (χ3n) is 3.59. The lowest BCUT2D eigenvalue weighted by molar-refractivity contribution is 0.273. The molecule has 2 aromatic rings. The van der Waals surface area contributed by atoms with Crippen molar-refractivity contribution >= 4 is 22.7 Å². The summed E-state index contributed by atoms with van der Waals surface area (Å²) >= 11 is 0. The number of hydrogen-bond donors (Lipinski definition) is 3. The average Bonchev–Trinajstić information content (AvgIpc) is 2.50. The number of benzene rings is 1. The molecule has 0 aliphatic heterocycles. The molecule has 0 aliphatic carbocycles. The number of nitrogen functional groups attached to an aromatic ring is 1. The van der Waals surface area contributed by atoms with E-state index in [0.717, 1.165) is 36.2 Å². The summed E-state index contributed by atoms with van der Waals surface area (Å²) in [5.74, 6) is 6.67. The largest absolute Gasteiger partial charge is 0.369 e. The van der Waals surface area contributed by atoms with Crippen LogP contribution >= 0.6 is 0 Å². The minimum atomic E-state index is 0.426. The lowest BCUT2D eigenvalue weighted by Gasteiger charge is -2.20. The van der Waals surface area contributed by atoms with Crippen molar-refractivity contribution in [3.05, 3.63) is 24.3 Å². The monoisotopic (exact) mass is 288 g/mol. The zero-order valence-corrected chi connectivity index (χ0v) is 12.9. The third kappa shape index (κ3) is 4.03. The van der Waals surface area contributed by atoms with E-state index in [1.807, 2.05) is 24.3 Å². The van der Waals surface area contributed by atoms with Gasteiger partial charge in [-0.3, -0.25) is 5.43 Å². The molecule has 0 atom stereocenters. The van der Waals surface area contributed by atoms with E-state index in [0.29, 0.717) is 12.0 Å². The van der Waals surface area contributed by atoms with Crippen molar-refractivity contribution in [2.45, 2.75) is 26.3 Å². The zero-order valence-electron chi connectivity index (χ0n) is 12.9. The number of anilines is 2. The van der Waals surface area contributed by atoms with Crippen molar-refractivity contribution in [3.8, 4) is 0 Å². The fourth-order valence-electron chi connectivity index (χ4n) is 2.07. The first-order chi connectivity index (χ1) is 10.1. The Morgan fingerprint density at radius 2 is 2.00 bits per heavy atom. The molecule has 0 radical (unpaired) electrons. The highest BCUT2D eigenvalue weighted by Gasteiger charge is 2.07. The summed E-state index contributed by atoms with van der Waals surface area (Å²) in [4.78, 5) is 11.1. The van der Waals surface area contributed by atoms with Gasteiger partial charge in [-0.05, 0) is 46.0 Å². The fourth-order valence-corrected chi connectivity index (χ4v) is 2.07. The van der Waals surface area contributed by atoms with E-state index in [1.54, 1.807) is 0 Å². The third-order valence-corrected chi connectivity index (χ3v) is 3.59. The molecule has 1 heterocycles. The quantitative estimate of drug-likeness (QED) is 0.411. The highest BCUT2D eigenvalue weighted by Crippen LogP contribution is 2.21. The summed E-state index contributed by atoms with van der Waals surface area (Å²) in [6, 6.07) is 8.47. The summed E-state index contributed by atoms with van der Waals surface area (Å²) in [7, 11) is 2.14. The van der Waals surface area contributed by atoms with Crippen LogP contribution in [0.25, 0.3) is 10.9 Å². The van der Waals surface area contributed by atoms with Gasteiger partial charge in [0.2, 0.25) is 5.95 Å². The Hall–Kier alpha value is -1.92. The molecule has 2 rings (SSSR count). The van der Waals surface area contributed by atoms with Gasteiger partial charge in [-0.1, -0.05) is 12.1 Å². The number of hydrazine groups is 1. The molecule has 0 aliphatic rings. The van der Waals surface area contributed by atoms with Gasteiger partial charge in [-0.25, -0.2) is 10.8 Å². The second-order valence-corrected chi connectivity index (χ2v) is 5.41. The first-order valence-electron chi connectivity index (χ1n) is 7.29. The Kier molecular flexibility index (Phi) is 5.30. The minimum absolute atomic E-state index is 0.426. The number of nitrogens with two attached hydrogens (primary N) is 1. The van der Waals surface area contributed by atoms with E-state index < -0.39 is 0 Å². The van der Waals surface area contributed by atoms with E-state index >= 15 is 0 Å². The van der Waals surface area contributed by atoms with E-state index in [1.165, 1.54) is 0 Å². The lowest BCUT2D eigenvalue weighted by Crippen LogP contribution is -2.28. The number of nitrogens with zero attached hydrogens (tertiary/aromatic N) is 3. The highest BCUT2D eigenvalue weighted by molar-refractivity contribution is 5.89. The number of nitrogens with one attached hydrogen (secondary N) is 2. The van der Waals surface area contributed by atoms with Crippen molar-refractivity contribution in [1.29, 1.82) is 0 Å². The highest BCUT2D eigenvalue weighted by atomic mass is 15.3. The molecule has 4 N–H and O–H groups in total. The molecule has 0 saturated heterocycles.